The summed E-state index contributed by atoms with van der Waals surface area (Å²) in [5.41, 5.74) is 2.32. The Morgan fingerprint density at radius 3 is 2.42 bits per heavy atom. The molecule has 2 rings (SSSR count). The third-order valence-electron chi connectivity index (χ3n) is 4.47. The second-order valence-electron chi connectivity index (χ2n) is 7.85. The number of aliphatic imine (C=N–C) groups is 1. The van der Waals surface area contributed by atoms with E-state index in [9.17, 15) is 4.79 Å². The van der Waals surface area contributed by atoms with E-state index in [-0.39, 0.29) is 35.8 Å². The normalized spacial score (nSPS) is 16.4. The van der Waals surface area contributed by atoms with E-state index in [1.54, 1.807) is 0 Å². The zero-order valence-electron chi connectivity index (χ0n) is 16.6. The molecule has 1 saturated heterocycles. The van der Waals surface area contributed by atoms with Crippen molar-refractivity contribution in [3.8, 4) is 0 Å². The van der Waals surface area contributed by atoms with Crippen molar-refractivity contribution in [1.29, 1.82) is 0 Å². The molecule has 2 N–H and O–H groups in total. The van der Waals surface area contributed by atoms with Crippen LogP contribution in [0, 0.1) is 11.3 Å². The fourth-order valence-corrected chi connectivity index (χ4v) is 2.87. The van der Waals surface area contributed by atoms with Crippen molar-refractivity contribution < 1.29 is 4.79 Å². The first-order valence-corrected chi connectivity index (χ1v) is 9.24. The van der Waals surface area contributed by atoms with Gasteiger partial charge in [0.15, 0.2) is 5.96 Å². The van der Waals surface area contributed by atoms with Gasteiger partial charge in [0.1, 0.15) is 0 Å². The van der Waals surface area contributed by atoms with E-state index in [1.807, 2.05) is 38.1 Å². The van der Waals surface area contributed by atoms with E-state index in [0.29, 0.717) is 12.0 Å². The molecule has 26 heavy (non-hydrogen) atoms. The first-order chi connectivity index (χ1) is 11.8. The van der Waals surface area contributed by atoms with E-state index < -0.39 is 0 Å². The lowest BCUT2D eigenvalue weighted by molar-refractivity contribution is -0.118. The summed E-state index contributed by atoms with van der Waals surface area (Å²) in [5, 5.41) is 6.31. The minimum absolute atomic E-state index is 0. The lowest BCUT2D eigenvalue weighted by atomic mass is 9.93. The van der Waals surface area contributed by atoms with Crippen LogP contribution in [0.1, 0.15) is 46.6 Å². The Morgan fingerprint density at radius 1 is 1.27 bits per heavy atom. The number of halogens is 1. The molecule has 0 radical (unpaired) electrons. The number of hydrogen-bond donors (Lipinski definition) is 2. The van der Waals surface area contributed by atoms with Gasteiger partial charge in [-0.25, -0.2) is 4.99 Å². The van der Waals surface area contributed by atoms with Crippen molar-refractivity contribution in [2.45, 2.75) is 47.6 Å². The zero-order valence-corrected chi connectivity index (χ0v) is 19.0. The van der Waals surface area contributed by atoms with Gasteiger partial charge in [-0.05, 0) is 36.5 Å². The molecule has 1 aliphatic rings. The number of anilines is 1. The third-order valence-corrected chi connectivity index (χ3v) is 4.47. The number of rotatable bonds is 5. The molecule has 0 atom stereocenters. The van der Waals surface area contributed by atoms with Gasteiger partial charge < -0.3 is 15.5 Å². The van der Waals surface area contributed by atoms with Gasteiger partial charge in [-0.3, -0.25) is 4.79 Å². The average molecular weight is 472 g/mol. The van der Waals surface area contributed by atoms with Crippen LogP contribution in [0.3, 0.4) is 0 Å². The number of hydrogen-bond acceptors (Lipinski definition) is 2. The van der Waals surface area contributed by atoms with Crippen molar-refractivity contribution in [2.24, 2.45) is 16.3 Å². The Bertz CT molecular complexity index is 611. The van der Waals surface area contributed by atoms with Crippen LogP contribution in [0.25, 0.3) is 0 Å². The number of benzene rings is 1. The van der Waals surface area contributed by atoms with Gasteiger partial charge in [0, 0.05) is 31.2 Å². The number of amides is 1. The maximum atomic E-state index is 11.7. The van der Waals surface area contributed by atoms with Gasteiger partial charge in [-0.2, -0.15) is 0 Å². The first-order valence-electron chi connectivity index (χ1n) is 9.24. The van der Waals surface area contributed by atoms with Gasteiger partial charge in [0.25, 0.3) is 0 Å². The molecule has 5 nitrogen and oxygen atoms in total. The topological polar surface area (TPSA) is 56.7 Å². The molecule has 0 unspecified atom stereocenters. The maximum absolute atomic E-state index is 11.7. The highest BCUT2D eigenvalue weighted by molar-refractivity contribution is 14.0. The predicted molar refractivity (Wildman–Crippen MR) is 120 cm³/mol. The van der Waals surface area contributed by atoms with Gasteiger partial charge >= 0.3 is 0 Å². The van der Waals surface area contributed by atoms with Crippen molar-refractivity contribution >= 4 is 41.5 Å². The number of carbonyl (C=O) groups excluding carboxylic acids is 1. The summed E-state index contributed by atoms with van der Waals surface area (Å²) >= 11 is 0. The van der Waals surface area contributed by atoms with E-state index in [1.165, 1.54) is 6.42 Å². The van der Waals surface area contributed by atoms with E-state index in [0.717, 1.165) is 36.8 Å². The number of likely N-dealkylation sites (tertiary alicyclic amines) is 1. The molecule has 0 spiro atoms. The molecular formula is C20H33IN4O. The number of carbonyl (C=O) groups is 1. The van der Waals surface area contributed by atoms with Gasteiger partial charge in [-0.15, -0.1) is 24.0 Å². The van der Waals surface area contributed by atoms with Crippen molar-refractivity contribution in [1.82, 2.24) is 10.2 Å². The Kier molecular flexibility index (Phi) is 8.86. The van der Waals surface area contributed by atoms with Crippen LogP contribution in [0.2, 0.25) is 0 Å². The average Bonchev–Trinajstić information content (AvgIpc) is 2.92. The maximum Gasteiger partial charge on any atom is 0.226 e. The standard InChI is InChI=1S/C20H32N4O.HI/c1-6-21-19(24-12-11-20(4,5)14-24)22-13-16-7-9-17(10-8-16)23-18(25)15(2)3;/h7-10,15H,6,11-14H2,1-5H3,(H,21,22)(H,23,25);1H. The monoisotopic (exact) mass is 472 g/mol. The molecular weight excluding hydrogens is 439 g/mol. The summed E-state index contributed by atoms with van der Waals surface area (Å²) in [6.45, 7) is 14.1. The quantitative estimate of drug-likeness (QED) is 0.386. The molecule has 1 aliphatic heterocycles. The highest BCUT2D eigenvalue weighted by Crippen LogP contribution is 2.28. The SMILES string of the molecule is CCNC(=NCc1ccc(NC(=O)C(C)C)cc1)N1CCC(C)(C)C1.I. The summed E-state index contributed by atoms with van der Waals surface area (Å²) in [4.78, 5) is 18.9. The predicted octanol–water partition coefficient (Wildman–Crippen LogP) is 4.10. The first kappa shape index (κ1) is 22.7. The fraction of sp³-hybridized carbons (Fsp3) is 0.600. The van der Waals surface area contributed by atoms with Crippen molar-refractivity contribution in [3.05, 3.63) is 29.8 Å². The van der Waals surface area contributed by atoms with Crippen LogP contribution in [0.15, 0.2) is 29.3 Å². The molecule has 1 aromatic carbocycles. The Morgan fingerprint density at radius 2 is 1.92 bits per heavy atom. The summed E-state index contributed by atoms with van der Waals surface area (Å²) in [6, 6.07) is 7.93. The van der Waals surface area contributed by atoms with Crippen LogP contribution < -0.4 is 10.6 Å². The van der Waals surface area contributed by atoms with Gasteiger partial charge in [-0.1, -0.05) is 39.8 Å². The third kappa shape index (κ3) is 6.78. The summed E-state index contributed by atoms with van der Waals surface area (Å²) in [7, 11) is 0. The van der Waals surface area contributed by atoms with Crippen LogP contribution in [-0.4, -0.2) is 36.4 Å². The Labute approximate surface area is 175 Å². The van der Waals surface area contributed by atoms with E-state index in [2.05, 4.69) is 36.3 Å². The molecule has 0 bridgehead atoms. The molecule has 0 aromatic heterocycles. The summed E-state index contributed by atoms with van der Waals surface area (Å²) in [5.74, 6) is 1.01. The second-order valence-corrected chi connectivity index (χ2v) is 7.85. The highest BCUT2D eigenvalue weighted by Gasteiger charge is 2.30. The number of guanidine groups is 1. The van der Waals surface area contributed by atoms with Gasteiger partial charge in [0.05, 0.1) is 6.54 Å². The van der Waals surface area contributed by atoms with Gasteiger partial charge in [0.2, 0.25) is 5.91 Å². The van der Waals surface area contributed by atoms with Crippen molar-refractivity contribution in [3.63, 3.8) is 0 Å². The lowest BCUT2D eigenvalue weighted by Crippen LogP contribution is -2.40. The Hall–Kier alpha value is -1.31. The number of nitrogens with one attached hydrogen (secondary N) is 2. The lowest BCUT2D eigenvalue weighted by Gasteiger charge is -2.23. The second kappa shape index (κ2) is 10.1. The Balaban J connectivity index is 0.00000338. The van der Waals surface area contributed by atoms with Crippen LogP contribution >= 0.6 is 24.0 Å². The van der Waals surface area contributed by atoms with Crippen LogP contribution in [0.5, 0.6) is 0 Å². The molecule has 1 amide bonds. The summed E-state index contributed by atoms with van der Waals surface area (Å²) < 4.78 is 0. The zero-order chi connectivity index (χ0) is 18.4. The number of nitrogens with zero attached hydrogens (tertiary/aromatic N) is 2. The molecule has 0 saturated carbocycles. The molecule has 0 aliphatic carbocycles. The van der Waals surface area contributed by atoms with E-state index in [4.69, 9.17) is 4.99 Å². The van der Waals surface area contributed by atoms with Crippen LogP contribution in [-0.2, 0) is 11.3 Å². The van der Waals surface area contributed by atoms with Crippen molar-refractivity contribution in [2.75, 3.05) is 25.0 Å². The highest BCUT2D eigenvalue weighted by atomic mass is 127. The molecule has 1 heterocycles. The smallest absolute Gasteiger partial charge is 0.226 e. The van der Waals surface area contributed by atoms with Crippen LogP contribution in [0.4, 0.5) is 5.69 Å². The largest absolute Gasteiger partial charge is 0.357 e. The van der Waals surface area contributed by atoms with E-state index >= 15 is 0 Å². The molecule has 1 fully saturated rings. The molecule has 146 valence electrons. The minimum Gasteiger partial charge on any atom is -0.357 e. The molecule has 6 heteroatoms. The fourth-order valence-electron chi connectivity index (χ4n) is 2.87. The molecule has 1 aromatic rings. The minimum atomic E-state index is -0.0170. The summed E-state index contributed by atoms with van der Waals surface area (Å²) in [6.07, 6.45) is 1.20.